The number of piperazine rings is 1. The van der Waals surface area contributed by atoms with Crippen molar-refractivity contribution < 1.29 is 4.39 Å². The van der Waals surface area contributed by atoms with E-state index in [1.807, 2.05) is 23.7 Å². The molecular formula is C19H27FN6. The second kappa shape index (κ2) is 8.21. The summed E-state index contributed by atoms with van der Waals surface area (Å²) in [7, 11) is 0. The Kier molecular flexibility index (Phi) is 5.75. The third kappa shape index (κ3) is 4.53. The zero-order chi connectivity index (χ0) is 18.5. The van der Waals surface area contributed by atoms with Crippen LogP contribution in [-0.4, -0.2) is 53.4 Å². The molecule has 0 radical (unpaired) electrons. The van der Waals surface area contributed by atoms with Gasteiger partial charge in [-0.1, -0.05) is 0 Å². The summed E-state index contributed by atoms with van der Waals surface area (Å²) in [5.41, 5.74) is 9.42. The number of halogens is 1. The van der Waals surface area contributed by atoms with Crippen LogP contribution in [0.25, 0.3) is 0 Å². The molecule has 0 aliphatic carbocycles. The van der Waals surface area contributed by atoms with Crippen LogP contribution in [-0.2, 0) is 6.54 Å². The summed E-state index contributed by atoms with van der Waals surface area (Å²) >= 11 is 0. The van der Waals surface area contributed by atoms with Gasteiger partial charge in [-0.05, 0) is 50.6 Å². The average Bonchev–Trinajstić information content (AvgIpc) is 2.96. The van der Waals surface area contributed by atoms with Gasteiger partial charge in [0.15, 0.2) is 5.96 Å². The van der Waals surface area contributed by atoms with Gasteiger partial charge in [0, 0.05) is 50.6 Å². The Labute approximate surface area is 154 Å². The quantitative estimate of drug-likeness (QED) is 0.505. The summed E-state index contributed by atoms with van der Waals surface area (Å²) in [6, 6.07) is 8.72. The highest BCUT2D eigenvalue weighted by Gasteiger charge is 2.18. The molecule has 1 aliphatic rings. The Morgan fingerprint density at radius 3 is 2.46 bits per heavy atom. The number of aromatic nitrogens is 2. The van der Waals surface area contributed by atoms with Crippen molar-refractivity contribution in [1.82, 2.24) is 14.7 Å². The fraction of sp³-hybridized carbons (Fsp3) is 0.474. The summed E-state index contributed by atoms with van der Waals surface area (Å²) in [4.78, 5) is 8.88. The smallest absolute Gasteiger partial charge is 0.191 e. The number of nitrogens with two attached hydrogens (primary N) is 1. The molecule has 140 valence electrons. The minimum Gasteiger partial charge on any atom is -0.370 e. The maximum Gasteiger partial charge on any atom is 0.191 e. The van der Waals surface area contributed by atoms with E-state index in [2.05, 4.69) is 32.9 Å². The number of aryl methyl sites for hydroxylation is 3. The molecule has 2 heterocycles. The van der Waals surface area contributed by atoms with Gasteiger partial charge >= 0.3 is 0 Å². The topological polar surface area (TPSA) is 62.7 Å². The largest absolute Gasteiger partial charge is 0.370 e. The van der Waals surface area contributed by atoms with Gasteiger partial charge in [-0.2, -0.15) is 5.10 Å². The molecule has 0 bridgehead atoms. The summed E-state index contributed by atoms with van der Waals surface area (Å²) in [6.45, 7) is 8.98. The number of rotatable bonds is 5. The van der Waals surface area contributed by atoms with Crippen molar-refractivity contribution in [3.8, 4) is 0 Å². The van der Waals surface area contributed by atoms with Crippen LogP contribution in [0.2, 0.25) is 0 Å². The van der Waals surface area contributed by atoms with Crippen LogP contribution in [0.5, 0.6) is 0 Å². The fourth-order valence-corrected chi connectivity index (χ4v) is 3.26. The molecule has 0 saturated carbocycles. The third-order valence-electron chi connectivity index (χ3n) is 4.70. The predicted molar refractivity (Wildman–Crippen MR) is 103 cm³/mol. The lowest BCUT2D eigenvalue weighted by Gasteiger charge is -2.36. The molecule has 1 aromatic heterocycles. The molecular weight excluding hydrogens is 331 g/mol. The zero-order valence-corrected chi connectivity index (χ0v) is 15.5. The molecule has 2 N–H and O–H groups in total. The van der Waals surface area contributed by atoms with E-state index in [0.29, 0.717) is 12.5 Å². The molecule has 0 amide bonds. The molecule has 2 aromatic rings. The van der Waals surface area contributed by atoms with Crippen LogP contribution in [0.4, 0.5) is 10.1 Å². The van der Waals surface area contributed by atoms with E-state index >= 15 is 0 Å². The first kappa shape index (κ1) is 18.2. The number of benzene rings is 1. The normalized spacial score (nSPS) is 15.6. The Hall–Kier alpha value is -2.57. The minimum absolute atomic E-state index is 0.204. The van der Waals surface area contributed by atoms with Crippen molar-refractivity contribution in [2.24, 2.45) is 10.7 Å². The van der Waals surface area contributed by atoms with E-state index in [1.54, 1.807) is 0 Å². The number of guanidine groups is 1. The molecule has 7 heteroatoms. The third-order valence-corrected chi connectivity index (χ3v) is 4.70. The second-order valence-electron chi connectivity index (χ2n) is 6.69. The van der Waals surface area contributed by atoms with Crippen molar-refractivity contribution in [2.45, 2.75) is 26.8 Å². The fourth-order valence-electron chi connectivity index (χ4n) is 3.26. The predicted octanol–water partition coefficient (Wildman–Crippen LogP) is 2.17. The van der Waals surface area contributed by atoms with Crippen LogP contribution < -0.4 is 10.6 Å². The van der Waals surface area contributed by atoms with E-state index in [-0.39, 0.29) is 5.82 Å². The Bertz CT molecular complexity index is 744. The maximum absolute atomic E-state index is 13.0. The molecule has 0 unspecified atom stereocenters. The monoisotopic (exact) mass is 358 g/mol. The van der Waals surface area contributed by atoms with E-state index in [4.69, 9.17) is 5.73 Å². The van der Waals surface area contributed by atoms with Crippen molar-refractivity contribution in [3.63, 3.8) is 0 Å². The van der Waals surface area contributed by atoms with Crippen LogP contribution in [0.3, 0.4) is 0 Å². The van der Waals surface area contributed by atoms with Crippen molar-refractivity contribution in [1.29, 1.82) is 0 Å². The van der Waals surface area contributed by atoms with Gasteiger partial charge in [0.1, 0.15) is 5.82 Å². The molecule has 1 aromatic carbocycles. The van der Waals surface area contributed by atoms with E-state index in [9.17, 15) is 4.39 Å². The molecule has 3 rings (SSSR count). The highest BCUT2D eigenvalue weighted by Crippen LogP contribution is 2.16. The van der Waals surface area contributed by atoms with Gasteiger partial charge < -0.3 is 15.5 Å². The molecule has 26 heavy (non-hydrogen) atoms. The SMILES string of the molecule is Cc1cc(C)n(CCCN=C(N)N2CCN(c3ccc(F)cc3)CC2)n1. The Morgan fingerprint density at radius 1 is 1.15 bits per heavy atom. The molecule has 1 saturated heterocycles. The zero-order valence-electron chi connectivity index (χ0n) is 15.5. The highest BCUT2D eigenvalue weighted by molar-refractivity contribution is 5.78. The van der Waals surface area contributed by atoms with Gasteiger partial charge in [-0.15, -0.1) is 0 Å². The highest BCUT2D eigenvalue weighted by atomic mass is 19.1. The van der Waals surface area contributed by atoms with Crippen molar-refractivity contribution in [2.75, 3.05) is 37.6 Å². The van der Waals surface area contributed by atoms with Gasteiger partial charge in [-0.3, -0.25) is 9.67 Å². The van der Waals surface area contributed by atoms with Gasteiger partial charge in [0.2, 0.25) is 0 Å². The first-order valence-electron chi connectivity index (χ1n) is 9.09. The first-order chi connectivity index (χ1) is 12.5. The molecule has 0 spiro atoms. The maximum atomic E-state index is 13.0. The lowest BCUT2D eigenvalue weighted by Crippen LogP contribution is -2.51. The van der Waals surface area contributed by atoms with E-state index in [1.165, 1.54) is 17.8 Å². The standard InChI is InChI=1S/C19H27FN6/c1-15-14-16(2)26(23-15)9-3-8-22-19(21)25-12-10-24(11-13-25)18-6-4-17(20)5-7-18/h4-7,14H,3,8-13H2,1-2H3,(H2,21,22). The Morgan fingerprint density at radius 2 is 1.85 bits per heavy atom. The summed E-state index contributed by atoms with van der Waals surface area (Å²) in [6.07, 6.45) is 0.915. The van der Waals surface area contributed by atoms with Crippen LogP contribution >= 0.6 is 0 Å². The van der Waals surface area contributed by atoms with Gasteiger partial charge in [0.25, 0.3) is 0 Å². The number of nitrogens with zero attached hydrogens (tertiary/aromatic N) is 5. The molecule has 6 nitrogen and oxygen atoms in total. The van der Waals surface area contributed by atoms with E-state index in [0.717, 1.165) is 50.5 Å². The average molecular weight is 358 g/mol. The molecule has 0 atom stereocenters. The van der Waals surface area contributed by atoms with Crippen molar-refractivity contribution in [3.05, 3.63) is 47.5 Å². The summed E-state index contributed by atoms with van der Waals surface area (Å²) in [5.74, 6) is 0.404. The van der Waals surface area contributed by atoms with Gasteiger partial charge in [-0.25, -0.2) is 4.39 Å². The lowest BCUT2D eigenvalue weighted by molar-refractivity contribution is 0.380. The second-order valence-corrected chi connectivity index (χ2v) is 6.69. The minimum atomic E-state index is -0.204. The molecule has 1 fully saturated rings. The number of aliphatic imine (C=N–C) groups is 1. The van der Waals surface area contributed by atoms with Crippen molar-refractivity contribution >= 4 is 11.6 Å². The van der Waals surface area contributed by atoms with E-state index < -0.39 is 0 Å². The first-order valence-corrected chi connectivity index (χ1v) is 9.09. The van der Waals surface area contributed by atoms with Crippen LogP contribution in [0.1, 0.15) is 17.8 Å². The summed E-state index contributed by atoms with van der Waals surface area (Å²) in [5, 5.41) is 4.46. The van der Waals surface area contributed by atoms with Crippen LogP contribution in [0, 0.1) is 19.7 Å². The number of hydrogen-bond acceptors (Lipinski definition) is 3. The molecule has 1 aliphatic heterocycles. The number of anilines is 1. The van der Waals surface area contributed by atoms with Gasteiger partial charge in [0.05, 0.1) is 5.69 Å². The van der Waals surface area contributed by atoms with Crippen LogP contribution in [0.15, 0.2) is 35.3 Å². The number of hydrogen-bond donors (Lipinski definition) is 1. The lowest BCUT2D eigenvalue weighted by atomic mass is 10.2. The summed E-state index contributed by atoms with van der Waals surface area (Å²) < 4.78 is 15.1. The Balaban J connectivity index is 1.44.